The van der Waals surface area contributed by atoms with E-state index in [1.165, 1.54) is 11.3 Å². The molecule has 1 aliphatic rings. The SMILES string of the molecule is S=C(S)N1CCCc2ccccc21.[Zn+2]. The van der Waals surface area contributed by atoms with Crippen molar-refractivity contribution in [2.24, 2.45) is 0 Å². The van der Waals surface area contributed by atoms with Gasteiger partial charge >= 0.3 is 19.5 Å². The Hall–Kier alpha value is 0.0834. The number of hydrogen-bond donors (Lipinski definition) is 1. The third kappa shape index (κ3) is 2.36. The molecule has 0 unspecified atom stereocenters. The molecule has 0 N–H and O–H groups in total. The monoisotopic (exact) mass is 273 g/mol. The Labute approximate surface area is 108 Å². The Balaban J connectivity index is 0.000000980. The Morgan fingerprint density at radius 3 is 2.79 bits per heavy atom. The van der Waals surface area contributed by atoms with Crippen LogP contribution in [0.15, 0.2) is 24.3 Å². The molecule has 0 spiro atoms. The minimum Gasteiger partial charge on any atom is -0.327 e. The van der Waals surface area contributed by atoms with E-state index in [-0.39, 0.29) is 19.5 Å². The van der Waals surface area contributed by atoms with Crippen molar-refractivity contribution >= 4 is 34.9 Å². The molecule has 14 heavy (non-hydrogen) atoms. The minimum absolute atomic E-state index is 0. The van der Waals surface area contributed by atoms with E-state index in [9.17, 15) is 0 Å². The second-order valence-electron chi connectivity index (χ2n) is 3.17. The molecule has 1 aromatic rings. The van der Waals surface area contributed by atoms with Gasteiger partial charge < -0.3 is 4.90 Å². The van der Waals surface area contributed by atoms with Crippen molar-refractivity contribution < 1.29 is 19.5 Å². The van der Waals surface area contributed by atoms with Crippen molar-refractivity contribution in [2.45, 2.75) is 12.8 Å². The van der Waals surface area contributed by atoms with Crippen LogP contribution >= 0.6 is 24.8 Å². The fourth-order valence-electron chi connectivity index (χ4n) is 1.73. The number of rotatable bonds is 0. The molecule has 2 rings (SSSR count). The molecule has 0 saturated heterocycles. The maximum atomic E-state index is 5.08. The van der Waals surface area contributed by atoms with Gasteiger partial charge in [0.1, 0.15) is 4.32 Å². The fraction of sp³-hybridized carbons (Fsp3) is 0.300. The van der Waals surface area contributed by atoms with E-state index < -0.39 is 0 Å². The zero-order valence-corrected chi connectivity index (χ0v) is 12.6. The average Bonchev–Trinajstić information content (AvgIpc) is 2.17. The third-order valence-corrected chi connectivity index (χ3v) is 2.80. The van der Waals surface area contributed by atoms with Gasteiger partial charge in [0.05, 0.1) is 0 Å². The van der Waals surface area contributed by atoms with E-state index >= 15 is 0 Å². The minimum atomic E-state index is 0. The number of hydrogen-bond acceptors (Lipinski definition) is 1. The van der Waals surface area contributed by atoms with Crippen molar-refractivity contribution in [3.05, 3.63) is 29.8 Å². The molecular formula is C10H11NS2Zn+2. The van der Waals surface area contributed by atoms with Crippen molar-refractivity contribution in [1.82, 2.24) is 0 Å². The standard InChI is InChI=1S/C10H11NS2.Zn/c12-10(13)11-7-3-5-8-4-1-2-6-9(8)11;/h1-2,4,6H,3,5,7H2,(H,12,13);/q;+2. The maximum Gasteiger partial charge on any atom is 2.00 e. The van der Waals surface area contributed by atoms with Crippen LogP contribution in [0.5, 0.6) is 0 Å². The molecule has 0 aromatic heterocycles. The van der Waals surface area contributed by atoms with Crippen molar-refractivity contribution in [3.63, 3.8) is 0 Å². The first-order valence-corrected chi connectivity index (χ1v) is 5.23. The van der Waals surface area contributed by atoms with Crippen molar-refractivity contribution in [1.29, 1.82) is 0 Å². The predicted molar refractivity (Wildman–Crippen MR) is 63.7 cm³/mol. The Morgan fingerprint density at radius 2 is 2.07 bits per heavy atom. The van der Waals surface area contributed by atoms with Gasteiger partial charge in [-0.1, -0.05) is 30.4 Å². The van der Waals surface area contributed by atoms with Crippen LogP contribution in [0, 0.1) is 0 Å². The molecule has 1 aliphatic heterocycles. The number of nitrogens with zero attached hydrogens (tertiary/aromatic N) is 1. The van der Waals surface area contributed by atoms with Crippen LogP contribution in [0.1, 0.15) is 12.0 Å². The summed E-state index contributed by atoms with van der Waals surface area (Å²) in [6.45, 7) is 0.999. The van der Waals surface area contributed by atoms with Crippen LogP contribution < -0.4 is 4.90 Å². The largest absolute Gasteiger partial charge is 2.00 e. The van der Waals surface area contributed by atoms with Gasteiger partial charge in [0.2, 0.25) is 0 Å². The summed E-state index contributed by atoms with van der Waals surface area (Å²) >= 11 is 9.30. The molecule has 0 amide bonds. The molecular weight excluding hydrogens is 264 g/mol. The van der Waals surface area contributed by atoms with Crippen LogP contribution in [0.4, 0.5) is 5.69 Å². The van der Waals surface area contributed by atoms with Crippen molar-refractivity contribution in [2.75, 3.05) is 11.4 Å². The predicted octanol–water partition coefficient (Wildman–Crippen LogP) is 2.65. The van der Waals surface area contributed by atoms with Gasteiger partial charge in [-0.05, 0) is 24.5 Å². The molecule has 1 nitrogen and oxygen atoms in total. The van der Waals surface area contributed by atoms with Crippen LogP contribution in [0.2, 0.25) is 0 Å². The summed E-state index contributed by atoms with van der Waals surface area (Å²) in [4.78, 5) is 2.09. The zero-order valence-electron chi connectivity index (χ0n) is 7.94. The maximum absolute atomic E-state index is 5.08. The summed E-state index contributed by atoms with van der Waals surface area (Å²) in [5.74, 6) is 0. The van der Waals surface area contributed by atoms with E-state index in [1.807, 2.05) is 6.07 Å². The Kier molecular flexibility index (Phi) is 4.55. The first-order valence-electron chi connectivity index (χ1n) is 4.37. The van der Waals surface area contributed by atoms with Gasteiger partial charge in [0, 0.05) is 12.2 Å². The second kappa shape index (κ2) is 5.25. The summed E-state index contributed by atoms with van der Waals surface area (Å²) in [6.07, 6.45) is 2.32. The summed E-state index contributed by atoms with van der Waals surface area (Å²) < 4.78 is 0.673. The summed E-state index contributed by atoms with van der Waals surface area (Å²) in [7, 11) is 0. The number of thiocarbonyl (C=S) groups is 1. The number of para-hydroxylation sites is 1. The number of benzene rings is 1. The zero-order chi connectivity index (χ0) is 9.26. The number of aryl methyl sites for hydroxylation is 1. The molecule has 0 saturated carbocycles. The molecule has 0 atom stereocenters. The summed E-state index contributed by atoms with van der Waals surface area (Å²) in [5, 5.41) is 0. The Bertz CT molecular complexity index is 341. The fourth-order valence-corrected chi connectivity index (χ4v) is 2.13. The number of anilines is 1. The van der Waals surface area contributed by atoms with Crippen molar-refractivity contribution in [3.8, 4) is 0 Å². The van der Waals surface area contributed by atoms with E-state index in [1.54, 1.807) is 0 Å². The van der Waals surface area contributed by atoms with E-state index in [4.69, 9.17) is 12.2 Å². The van der Waals surface area contributed by atoms with Crippen LogP contribution in [-0.4, -0.2) is 10.9 Å². The first-order chi connectivity index (χ1) is 6.29. The molecule has 0 bridgehead atoms. The molecule has 4 heteroatoms. The normalized spacial score (nSPS) is 14.2. The quantitative estimate of drug-likeness (QED) is 0.440. The van der Waals surface area contributed by atoms with E-state index in [0.717, 1.165) is 19.4 Å². The van der Waals surface area contributed by atoms with E-state index in [0.29, 0.717) is 4.32 Å². The molecule has 68 valence electrons. The summed E-state index contributed by atoms with van der Waals surface area (Å²) in [6, 6.07) is 8.39. The summed E-state index contributed by atoms with van der Waals surface area (Å²) in [5.41, 5.74) is 2.61. The smallest absolute Gasteiger partial charge is 0.327 e. The first kappa shape index (κ1) is 12.2. The number of thiol groups is 1. The van der Waals surface area contributed by atoms with Gasteiger partial charge in [-0.25, -0.2) is 0 Å². The van der Waals surface area contributed by atoms with E-state index in [2.05, 4.69) is 35.7 Å². The molecule has 1 aromatic carbocycles. The van der Waals surface area contributed by atoms with Gasteiger partial charge in [-0.3, -0.25) is 0 Å². The van der Waals surface area contributed by atoms with Crippen LogP contribution in [0.3, 0.4) is 0 Å². The molecule has 0 aliphatic carbocycles. The topological polar surface area (TPSA) is 3.24 Å². The second-order valence-corrected chi connectivity index (χ2v) is 4.28. The van der Waals surface area contributed by atoms with Gasteiger partial charge in [-0.15, -0.1) is 12.6 Å². The van der Waals surface area contributed by atoms with Gasteiger partial charge in [-0.2, -0.15) is 0 Å². The third-order valence-electron chi connectivity index (χ3n) is 2.34. The van der Waals surface area contributed by atoms with Crippen LogP contribution in [0.25, 0.3) is 0 Å². The Morgan fingerprint density at radius 1 is 1.36 bits per heavy atom. The van der Waals surface area contributed by atoms with Gasteiger partial charge in [0.25, 0.3) is 0 Å². The molecule has 1 heterocycles. The van der Waals surface area contributed by atoms with Crippen LogP contribution in [-0.2, 0) is 25.9 Å². The van der Waals surface area contributed by atoms with Gasteiger partial charge in [0.15, 0.2) is 0 Å². The average molecular weight is 275 g/mol. The number of fused-ring (bicyclic) bond motifs is 1. The molecule has 0 radical (unpaired) electrons. The molecule has 0 fully saturated rings.